The number of nitrogens with zero attached hydrogens (tertiary/aromatic N) is 3. The molecule has 0 N–H and O–H groups in total. The van der Waals surface area contributed by atoms with E-state index >= 15 is 0 Å². The number of fused-ring (bicyclic) bond motifs is 1. The Morgan fingerprint density at radius 3 is 2.65 bits per heavy atom. The fraction of sp³-hybridized carbons (Fsp3) is 0.348. The summed E-state index contributed by atoms with van der Waals surface area (Å²) in [5.74, 6) is 0.608. The van der Waals surface area contributed by atoms with Crippen molar-refractivity contribution in [3.05, 3.63) is 47.5 Å². The summed E-state index contributed by atoms with van der Waals surface area (Å²) in [6, 6.07) is 13.1. The number of aromatic nitrogens is 1. The lowest BCUT2D eigenvalue weighted by atomic mass is 10.1. The maximum atomic E-state index is 13.2. The average molecular weight is 440 g/mol. The lowest BCUT2D eigenvalue weighted by Gasteiger charge is -2.26. The van der Waals surface area contributed by atoms with Gasteiger partial charge in [-0.05, 0) is 31.2 Å². The molecule has 8 heteroatoms. The third-order valence-corrected chi connectivity index (χ3v) is 6.96. The SMILES string of the molecule is COc1ccc(N2CC(C(=O)N(C)C(C)c3nc4ccccc4s3)CC2=O)cc1OC. The van der Waals surface area contributed by atoms with E-state index in [2.05, 4.69) is 4.98 Å². The second-order valence-electron chi connectivity index (χ2n) is 7.59. The van der Waals surface area contributed by atoms with E-state index in [0.29, 0.717) is 23.7 Å². The highest BCUT2D eigenvalue weighted by molar-refractivity contribution is 7.18. The summed E-state index contributed by atoms with van der Waals surface area (Å²) in [5.41, 5.74) is 1.63. The molecule has 2 unspecified atom stereocenters. The van der Waals surface area contributed by atoms with Crippen molar-refractivity contribution in [3.8, 4) is 11.5 Å². The average Bonchev–Trinajstić information content (AvgIpc) is 3.40. The number of anilines is 1. The molecular weight excluding hydrogens is 414 g/mol. The number of methoxy groups -OCH3 is 2. The molecule has 0 radical (unpaired) electrons. The van der Waals surface area contributed by atoms with Crippen LogP contribution in [0.15, 0.2) is 42.5 Å². The number of thiazole rings is 1. The van der Waals surface area contributed by atoms with Crippen molar-refractivity contribution in [2.24, 2.45) is 5.92 Å². The first-order chi connectivity index (χ1) is 14.9. The van der Waals surface area contributed by atoms with Crippen LogP contribution in [0, 0.1) is 5.92 Å². The van der Waals surface area contributed by atoms with Gasteiger partial charge in [0.15, 0.2) is 11.5 Å². The van der Waals surface area contributed by atoms with E-state index in [1.165, 1.54) is 0 Å². The molecule has 0 aliphatic carbocycles. The van der Waals surface area contributed by atoms with E-state index in [4.69, 9.17) is 9.47 Å². The Bertz CT molecular complexity index is 1100. The first-order valence-electron chi connectivity index (χ1n) is 10.1. The molecule has 2 amide bonds. The predicted molar refractivity (Wildman–Crippen MR) is 121 cm³/mol. The minimum absolute atomic E-state index is 0.0527. The van der Waals surface area contributed by atoms with Gasteiger partial charge in [-0.3, -0.25) is 9.59 Å². The van der Waals surface area contributed by atoms with Crippen molar-refractivity contribution < 1.29 is 19.1 Å². The molecule has 3 aromatic rings. The Hall–Kier alpha value is -3.13. The zero-order valence-electron chi connectivity index (χ0n) is 18.0. The molecule has 1 aliphatic rings. The van der Waals surface area contributed by atoms with Gasteiger partial charge >= 0.3 is 0 Å². The number of benzene rings is 2. The molecule has 162 valence electrons. The summed E-state index contributed by atoms with van der Waals surface area (Å²) in [7, 11) is 4.90. The molecule has 0 spiro atoms. The number of rotatable bonds is 6. The molecule has 1 fully saturated rings. The van der Waals surface area contributed by atoms with Crippen molar-refractivity contribution >= 4 is 39.1 Å². The summed E-state index contributed by atoms with van der Waals surface area (Å²) in [6.07, 6.45) is 0.185. The maximum absolute atomic E-state index is 13.2. The number of carbonyl (C=O) groups excluding carboxylic acids is 2. The summed E-state index contributed by atoms with van der Waals surface area (Å²) in [5, 5.41) is 0.887. The summed E-state index contributed by atoms with van der Waals surface area (Å²) >= 11 is 1.59. The minimum atomic E-state index is -0.401. The van der Waals surface area contributed by atoms with Gasteiger partial charge in [0.1, 0.15) is 5.01 Å². The van der Waals surface area contributed by atoms with E-state index < -0.39 is 5.92 Å². The minimum Gasteiger partial charge on any atom is -0.493 e. The molecule has 2 heterocycles. The van der Waals surface area contributed by atoms with Crippen LogP contribution in [0.3, 0.4) is 0 Å². The summed E-state index contributed by atoms with van der Waals surface area (Å²) in [6.45, 7) is 2.31. The highest BCUT2D eigenvalue weighted by Gasteiger charge is 2.38. The highest BCUT2D eigenvalue weighted by atomic mass is 32.1. The van der Waals surface area contributed by atoms with Crippen molar-refractivity contribution in [2.45, 2.75) is 19.4 Å². The van der Waals surface area contributed by atoms with Crippen LogP contribution in [0.25, 0.3) is 10.2 Å². The van der Waals surface area contributed by atoms with Crippen molar-refractivity contribution in [2.75, 3.05) is 32.7 Å². The fourth-order valence-corrected chi connectivity index (χ4v) is 4.89. The number of ether oxygens (including phenoxy) is 2. The van der Waals surface area contributed by atoms with Crippen molar-refractivity contribution in [1.82, 2.24) is 9.88 Å². The third-order valence-electron chi connectivity index (χ3n) is 5.75. The van der Waals surface area contributed by atoms with Gasteiger partial charge in [-0.1, -0.05) is 12.1 Å². The number of amides is 2. The monoisotopic (exact) mass is 439 g/mol. The zero-order valence-corrected chi connectivity index (χ0v) is 18.8. The van der Waals surface area contributed by atoms with Gasteiger partial charge in [0.05, 0.1) is 36.4 Å². The summed E-state index contributed by atoms with van der Waals surface area (Å²) in [4.78, 5) is 33.9. The molecule has 2 atom stereocenters. The van der Waals surface area contributed by atoms with Crippen LogP contribution in [-0.2, 0) is 9.59 Å². The van der Waals surface area contributed by atoms with E-state index in [0.717, 1.165) is 15.2 Å². The molecule has 1 aliphatic heterocycles. The number of hydrogen-bond donors (Lipinski definition) is 0. The van der Waals surface area contributed by atoms with E-state index in [1.54, 1.807) is 60.6 Å². The standard InChI is InChI=1S/C23H25N3O4S/c1-14(22-24-17-7-5-6-8-20(17)31-22)25(2)23(28)15-11-21(27)26(13-15)16-9-10-18(29-3)19(12-16)30-4/h5-10,12,14-15H,11,13H2,1-4H3. The molecule has 31 heavy (non-hydrogen) atoms. The van der Waals surface area contributed by atoms with Gasteiger partial charge in [-0.2, -0.15) is 0 Å². The zero-order chi connectivity index (χ0) is 22.1. The maximum Gasteiger partial charge on any atom is 0.228 e. The summed E-state index contributed by atoms with van der Waals surface area (Å²) < 4.78 is 11.7. The van der Waals surface area contributed by atoms with Gasteiger partial charge in [0.25, 0.3) is 0 Å². The van der Waals surface area contributed by atoms with Crippen molar-refractivity contribution in [3.63, 3.8) is 0 Å². The molecule has 7 nitrogen and oxygen atoms in total. The number of para-hydroxylation sites is 1. The van der Waals surface area contributed by atoms with Crippen LogP contribution >= 0.6 is 11.3 Å². The third kappa shape index (κ3) is 3.95. The quantitative estimate of drug-likeness (QED) is 0.583. The largest absolute Gasteiger partial charge is 0.493 e. The topological polar surface area (TPSA) is 72.0 Å². The first-order valence-corrected chi connectivity index (χ1v) is 10.9. The molecule has 1 aromatic heterocycles. The van der Waals surface area contributed by atoms with Crippen LogP contribution in [0.1, 0.15) is 24.4 Å². The van der Waals surface area contributed by atoms with Gasteiger partial charge in [0, 0.05) is 31.8 Å². The van der Waals surface area contributed by atoms with Gasteiger partial charge < -0.3 is 19.3 Å². The van der Waals surface area contributed by atoms with Crippen LogP contribution in [-0.4, -0.2) is 49.5 Å². The van der Waals surface area contributed by atoms with E-state index in [1.807, 2.05) is 31.2 Å². The molecule has 0 saturated carbocycles. The smallest absolute Gasteiger partial charge is 0.228 e. The van der Waals surface area contributed by atoms with Crippen LogP contribution in [0.5, 0.6) is 11.5 Å². The number of carbonyl (C=O) groups is 2. The molecule has 2 aromatic carbocycles. The van der Waals surface area contributed by atoms with E-state index in [-0.39, 0.29) is 24.3 Å². The van der Waals surface area contributed by atoms with Crippen LogP contribution < -0.4 is 14.4 Å². The lowest BCUT2D eigenvalue weighted by Crippen LogP contribution is -2.36. The highest BCUT2D eigenvalue weighted by Crippen LogP contribution is 2.35. The van der Waals surface area contributed by atoms with Gasteiger partial charge in [0.2, 0.25) is 11.8 Å². The number of hydrogen-bond acceptors (Lipinski definition) is 6. The molecule has 0 bridgehead atoms. The van der Waals surface area contributed by atoms with Gasteiger partial charge in [-0.15, -0.1) is 11.3 Å². The van der Waals surface area contributed by atoms with E-state index in [9.17, 15) is 9.59 Å². The van der Waals surface area contributed by atoms with Crippen LogP contribution in [0.2, 0.25) is 0 Å². The Kier molecular flexibility index (Phi) is 5.82. The van der Waals surface area contributed by atoms with Crippen LogP contribution in [0.4, 0.5) is 5.69 Å². The Labute approximate surface area is 185 Å². The first kappa shape index (κ1) is 21.1. The van der Waals surface area contributed by atoms with Crippen molar-refractivity contribution in [1.29, 1.82) is 0 Å². The fourth-order valence-electron chi connectivity index (χ4n) is 3.83. The second-order valence-corrected chi connectivity index (χ2v) is 8.65. The second kappa shape index (κ2) is 8.55. The lowest BCUT2D eigenvalue weighted by molar-refractivity contribution is -0.136. The Balaban J connectivity index is 1.49. The predicted octanol–water partition coefficient (Wildman–Crippen LogP) is 3.89. The Morgan fingerprint density at radius 1 is 1.19 bits per heavy atom. The molecule has 1 saturated heterocycles. The van der Waals surface area contributed by atoms with Gasteiger partial charge in [-0.25, -0.2) is 4.98 Å². The Morgan fingerprint density at radius 2 is 1.94 bits per heavy atom. The molecule has 4 rings (SSSR count). The normalized spacial score (nSPS) is 17.1. The molecular formula is C23H25N3O4S.